The molecule has 0 aliphatic rings. The van der Waals surface area contributed by atoms with Gasteiger partial charge in [0.15, 0.2) is 11.6 Å². The molecule has 0 aliphatic carbocycles. The zero-order valence-corrected chi connectivity index (χ0v) is 12.4. The van der Waals surface area contributed by atoms with Gasteiger partial charge in [-0.15, -0.1) is 0 Å². The van der Waals surface area contributed by atoms with Gasteiger partial charge in [-0.2, -0.15) is 0 Å². The van der Waals surface area contributed by atoms with E-state index in [2.05, 4.69) is 10.6 Å². The fraction of sp³-hybridized carbons (Fsp3) is 0.188. The van der Waals surface area contributed by atoms with E-state index in [-0.39, 0.29) is 12.5 Å². The third-order valence-electron chi connectivity index (χ3n) is 3.04. The molecular formula is C16H17F2N3O. The molecule has 2 rings (SSSR count). The lowest BCUT2D eigenvalue weighted by Crippen LogP contribution is -2.21. The van der Waals surface area contributed by atoms with Crippen molar-refractivity contribution < 1.29 is 13.6 Å². The first-order chi connectivity index (χ1) is 10.5. The summed E-state index contributed by atoms with van der Waals surface area (Å²) in [4.78, 5) is 13.8. The second-order valence-corrected chi connectivity index (χ2v) is 4.97. The van der Waals surface area contributed by atoms with Crippen molar-refractivity contribution in [2.24, 2.45) is 0 Å². The summed E-state index contributed by atoms with van der Waals surface area (Å²) >= 11 is 0. The molecule has 0 spiro atoms. The van der Waals surface area contributed by atoms with Crippen molar-refractivity contribution >= 4 is 23.0 Å². The molecule has 116 valence electrons. The van der Waals surface area contributed by atoms with Crippen molar-refractivity contribution in [3.05, 3.63) is 54.1 Å². The van der Waals surface area contributed by atoms with Crippen molar-refractivity contribution in [1.29, 1.82) is 0 Å². The molecule has 0 aliphatic heterocycles. The van der Waals surface area contributed by atoms with Crippen LogP contribution in [0.15, 0.2) is 42.5 Å². The van der Waals surface area contributed by atoms with Gasteiger partial charge in [-0.1, -0.05) is 0 Å². The predicted octanol–water partition coefficient (Wildman–Crippen LogP) is 3.08. The predicted molar refractivity (Wildman–Crippen MR) is 84.2 cm³/mol. The zero-order chi connectivity index (χ0) is 16.1. The lowest BCUT2D eigenvalue weighted by atomic mass is 10.2. The van der Waals surface area contributed by atoms with E-state index in [4.69, 9.17) is 0 Å². The third kappa shape index (κ3) is 4.18. The van der Waals surface area contributed by atoms with Crippen LogP contribution in [0.3, 0.4) is 0 Å². The highest BCUT2D eigenvalue weighted by molar-refractivity contribution is 5.93. The largest absolute Gasteiger partial charge is 0.378 e. The number of hydrogen-bond donors (Lipinski definition) is 2. The first-order valence-corrected chi connectivity index (χ1v) is 6.72. The molecule has 22 heavy (non-hydrogen) atoms. The minimum Gasteiger partial charge on any atom is -0.378 e. The van der Waals surface area contributed by atoms with Gasteiger partial charge in [-0.05, 0) is 36.4 Å². The summed E-state index contributed by atoms with van der Waals surface area (Å²) in [5, 5.41) is 5.45. The minimum absolute atomic E-state index is 0.0412. The van der Waals surface area contributed by atoms with Gasteiger partial charge in [0, 0.05) is 37.2 Å². The zero-order valence-electron chi connectivity index (χ0n) is 12.4. The molecule has 0 fully saturated rings. The lowest BCUT2D eigenvalue weighted by Gasteiger charge is -2.13. The molecule has 0 heterocycles. The van der Waals surface area contributed by atoms with Crippen LogP contribution in [0.4, 0.5) is 25.8 Å². The van der Waals surface area contributed by atoms with Crippen LogP contribution in [0.5, 0.6) is 0 Å². The summed E-state index contributed by atoms with van der Waals surface area (Å²) in [6.07, 6.45) is 0. The van der Waals surface area contributed by atoms with E-state index in [1.54, 1.807) is 12.1 Å². The number of halogens is 2. The molecule has 0 aromatic heterocycles. The van der Waals surface area contributed by atoms with Crippen LogP contribution in [-0.4, -0.2) is 26.5 Å². The van der Waals surface area contributed by atoms with Gasteiger partial charge in [0.2, 0.25) is 5.91 Å². The Kier molecular flexibility index (Phi) is 4.93. The number of hydrogen-bond acceptors (Lipinski definition) is 3. The monoisotopic (exact) mass is 305 g/mol. The smallest absolute Gasteiger partial charge is 0.243 e. The van der Waals surface area contributed by atoms with Crippen molar-refractivity contribution in [2.45, 2.75) is 0 Å². The molecule has 2 aromatic rings. The van der Waals surface area contributed by atoms with Crippen LogP contribution in [0.2, 0.25) is 0 Å². The molecule has 0 unspecified atom stereocenters. The van der Waals surface area contributed by atoms with E-state index >= 15 is 0 Å². The highest BCUT2D eigenvalue weighted by atomic mass is 19.2. The summed E-state index contributed by atoms with van der Waals surface area (Å²) in [6.45, 7) is -0.0412. The van der Waals surface area contributed by atoms with E-state index in [1.165, 1.54) is 6.07 Å². The SMILES string of the molecule is CN(C)c1ccc(NC(=O)CNc2ccc(F)c(F)c2)cc1. The highest BCUT2D eigenvalue weighted by Crippen LogP contribution is 2.16. The number of carbonyl (C=O) groups is 1. The van der Waals surface area contributed by atoms with Crippen LogP contribution in [0, 0.1) is 11.6 Å². The maximum absolute atomic E-state index is 13.0. The molecular weight excluding hydrogens is 288 g/mol. The Morgan fingerprint density at radius 2 is 1.64 bits per heavy atom. The maximum Gasteiger partial charge on any atom is 0.243 e. The van der Waals surface area contributed by atoms with E-state index in [9.17, 15) is 13.6 Å². The number of carbonyl (C=O) groups excluding carboxylic acids is 1. The van der Waals surface area contributed by atoms with Gasteiger partial charge in [0.1, 0.15) is 0 Å². The summed E-state index contributed by atoms with van der Waals surface area (Å²) in [5.41, 5.74) is 2.04. The summed E-state index contributed by atoms with van der Waals surface area (Å²) < 4.78 is 25.8. The van der Waals surface area contributed by atoms with E-state index < -0.39 is 11.6 Å². The average molecular weight is 305 g/mol. The molecule has 2 N–H and O–H groups in total. The molecule has 0 bridgehead atoms. The van der Waals surface area contributed by atoms with Gasteiger partial charge in [-0.25, -0.2) is 8.78 Å². The average Bonchev–Trinajstić information content (AvgIpc) is 2.49. The second-order valence-electron chi connectivity index (χ2n) is 4.97. The van der Waals surface area contributed by atoms with Crippen molar-refractivity contribution in [3.63, 3.8) is 0 Å². The maximum atomic E-state index is 13.0. The lowest BCUT2D eigenvalue weighted by molar-refractivity contribution is -0.114. The highest BCUT2D eigenvalue weighted by Gasteiger charge is 2.05. The molecule has 0 atom stereocenters. The molecule has 2 aromatic carbocycles. The molecule has 0 saturated carbocycles. The molecule has 0 saturated heterocycles. The second kappa shape index (κ2) is 6.89. The van der Waals surface area contributed by atoms with Gasteiger partial charge in [0.05, 0.1) is 6.54 Å². The van der Waals surface area contributed by atoms with Crippen LogP contribution in [0.25, 0.3) is 0 Å². The van der Waals surface area contributed by atoms with Gasteiger partial charge >= 0.3 is 0 Å². The van der Waals surface area contributed by atoms with Crippen LogP contribution >= 0.6 is 0 Å². The number of benzene rings is 2. The summed E-state index contributed by atoms with van der Waals surface area (Å²) in [5.74, 6) is -2.15. The van der Waals surface area contributed by atoms with Crippen molar-refractivity contribution in [1.82, 2.24) is 0 Å². The number of anilines is 3. The Morgan fingerprint density at radius 1 is 1.00 bits per heavy atom. The molecule has 4 nitrogen and oxygen atoms in total. The number of rotatable bonds is 5. The van der Waals surface area contributed by atoms with E-state index in [0.29, 0.717) is 11.4 Å². The normalized spacial score (nSPS) is 10.2. The number of nitrogens with zero attached hydrogens (tertiary/aromatic N) is 1. The Hall–Kier alpha value is -2.63. The Balaban J connectivity index is 1.88. The van der Waals surface area contributed by atoms with E-state index in [0.717, 1.165) is 17.8 Å². The molecule has 1 amide bonds. The topological polar surface area (TPSA) is 44.4 Å². The van der Waals surface area contributed by atoms with Gasteiger partial charge in [-0.3, -0.25) is 4.79 Å². The van der Waals surface area contributed by atoms with Crippen molar-refractivity contribution in [2.75, 3.05) is 36.2 Å². The van der Waals surface area contributed by atoms with Crippen molar-refractivity contribution in [3.8, 4) is 0 Å². The summed E-state index contributed by atoms with van der Waals surface area (Å²) in [7, 11) is 3.86. The standard InChI is InChI=1S/C16H17F2N3O/c1-21(2)13-6-3-11(4-7-13)20-16(22)10-19-12-5-8-14(17)15(18)9-12/h3-9,19H,10H2,1-2H3,(H,20,22). The Bertz CT molecular complexity index is 657. The van der Waals surface area contributed by atoms with Gasteiger partial charge < -0.3 is 15.5 Å². The first-order valence-electron chi connectivity index (χ1n) is 6.72. The van der Waals surface area contributed by atoms with Gasteiger partial charge in [0.25, 0.3) is 0 Å². The third-order valence-corrected chi connectivity index (χ3v) is 3.04. The molecule has 0 radical (unpaired) electrons. The molecule has 6 heteroatoms. The summed E-state index contributed by atoms with van der Waals surface area (Å²) in [6, 6.07) is 10.8. The van der Waals surface area contributed by atoms with E-state index in [1.807, 2.05) is 31.1 Å². The number of amides is 1. The van der Waals surface area contributed by atoms with Crippen LogP contribution in [0.1, 0.15) is 0 Å². The minimum atomic E-state index is -0.954. The Morgan fingerprint density at radius 3 is 2.23 bits per heavy atom. The quantitative estimate of drug-likeness (QED) is 0.892. The Labute approximate surface area is 127 Å². The fourth-order valence-electron chi connectivity index (χ4n) is 1.84. The van der Waals surface area contributed by atoms with Crippen LogP contribution < -0.4 is 15.5 Å². The first kappa shape index (κ1) is 15.8. The number of nitrogens with one attached hydrogen (secondary N) is 2. The van der Waals surface area contributed by atoms with Crippen LogP contribution in [-0.2, 0) is 4.79 Å². The fourth-order valence-corrected chi connectivity index (χ4v) is 1.84.